The van der Waals surface area contributed by atoms with E-state index in [1.54, 1.807) is 24.3 Å². The van der Waals surface area contributed by atoms with Crippen molar-refractivity contribution in [2.45, 2.75) is 0 Å². The fourth-order valence-electron chi connectivity index (χ4n) is 0.795. The SMILES string of the molecule is NSC=C(Oc1ccccc1)C(=O)O. The highest BCUT2D eigenvalue weighted by Crippen LogP contribution is 2.13. The lowest BCUT2D eigenvalue weighted by Crippen LogP contribution is -2.07. The Balaban J connectivity index is 2.76. The summed E-state index contributed by atoms with van der Waals surface area (Å²) in [6, 6.07) is 8.65. The van der Waals surface area contributed by atoms with E-state index in [0.29, 0.717) is 5.75 Å². The summed E-state index contributed by atoms with van der Waals surface area (Å²) in [4.78, 5) is 10.6. The van der Waals surface area contributed by atoms with E-state index in [4.69, 9.17) is 15.0 Å². The molecule has 0 amide bonds. The number of carbonyl (C=O) groups is 1. The predicted molar refractivity (Wildman–Crippen MR) is 54.6 cm³/mol. The van der Waals surface area contributed by atoms with Crippen molar-refractivity contribution >= 4 is 17.9 Å². The van der Waals surface area contributed by atoms with E-state index < -0.39 is 5.97 Å². The summed E-state index contributed by atoms with van der Waals surface area (Å²) in [5.41, 5.74) is 0. The number of benzene rings is 1. The van der Waals surface area contributed by atoms with Crippen molar-refractivity contribution in [3.63, 3.8) is 0 Å². The van der Waals surface area contributed by atoms with Gasteiger partial charge >= 0.3 is 5.97 Å². The van der Waals surface area contributed by atoms with Gasteiger partial charge in [0.25, 0.3) is 0 Å². The molecule has 0 unspecified atom stereocenters. The second-order valence-electron chi connectivity index (χ2n) is 2.34. The first kappa shape index (κ1) is 10.6. The number of aliphatic carboxylic acids is 1. The molecule has 0 aliphatic rings. The number of rotatable bonds is 4. The van der Waals surface area contributed by atoms with Crippen molar-refractivity contribution in [1.82, 2.24) is 0 Å². The number of nitrogens with two attached hydrogens (primary N) is 1. The van der Waals surface area contributed by atoms with Gasteiger partial charge in [0.15, 0.2) is 0 Å². The Kier molecular flexibility index (Phi) is 4.03. The van der Waals surface area contributed by atoms with Crippen LogP contribution in [0.4, 0.5) is 0 Å². The topological polar surface area (TPSA) is 72.5 Å². The summed E-state index contributed by atoms with van der Waals surface area (Å²) in [6.07, 6.45) is 0. The van der Waals surface area contributed by atoms with Crippen LogP contribution in [0, 0.1) is 0 Å². The molecule has 5 heteroatoms. The Bertz CT molecular complexity index is 337. The van der Waals surface area contributed by atoms with Gasteiger partial charge in [0, 0.05) is 5.41 Å². The molecule has 0 aliphatic heterocycles. The van der Waals surface area contributed by atoms with E-state index in [0.717, 1.165) is 11.9 Å². The second kappa shape index (κ2) is 5.31. The fourth-order valence-corrected chi connectivity index (χ4v) is 1.07. The molecule has 0 saturated heterocycles. The Labute approximate surface area is 85.5 Å². The van der Waals surface area contributed by atoms with Crippen LogP contribution in [0.5, 0.6) is 5.75 Å². The maximum Gasteiger partial charge on any atom is 0.372 e. The minimum absolute atomic E-state index is 0.191. The molecule has 0 aliphatic carbocycles. The number of carboxylic acid groups (broad SMARTS) is 1. The minimum atomic E-state index is -1.15. The first-order chi connectivity index (χ1) is 6.74. The quantitative estimate of drug-likeness (QED) is 0.449. The van der Waals surface area contributed by atoms with Crippen LogP contribution >= 0.6 is 11.9 Å². The van der Waals surface area contributed by atoms with Crippen LogP contribution in [-0.4, -0.2) is 11.1 Å². The third-order valence-electron chi connectivity index (χ3n) is 1.36. The zero-order valence-electron chi connectivity index (χ0n) is 7.21. The highest BCUT2D eigenvalue weighted by Gasteiger charge is 2.08. The van der Waals surface area contributed by atoms with Crippen LogP contribution in [0.3, 0.4) is 0 Å². The third-order valence-corrected chi connectivity index (χ3v) is 1.71. The molecule has 74 valence electrons. The van der Waals surface area contributed by atoms with Crippen molar-refractivity contribution in [2.75, 3.05) is 0 Å². The van der Waals surface area contributed by atoms with Crippen molar-refractivity contribution in [3.8, 4) is 5.75 Å². The molecule has 0 heterocycles. The Hall–Kier alpha value is -1.46. The molecule has 3 N–H and O–H groups in total. The smallest absolute Gasteiger partial charge is 0.372 e. The maximum atomic E-state index is 10.6. The van der Waals surface area contributed by atoms with Crippen LogP contribution in [0.25, 0.3) is 0 Å². The molecule has 0 atom stereocenters. The summed E-state index contributed by atoms with van der Waals surface area (Å²) in [5.74, 6) is -0.870. The molecule has 0 spiro atoms. The summed E-state index contributed by atoms with van der Waals surface area (Å²) < 4.78 is 5.08. The van der Waals surface area contributed by atoms with Crippen molar-refractivity contribution in [3.05, 3.63) is 41.5 Å². The zero-order chi connectivity index (χ0) is 10.4. The molecule has 1 rings (SSSR count). The standard InChI is InChI=1S/C9H9NO3S/c10-14-6-8(9(11)12)13-7-4-2-1-3-5-7/h1-6H,10H2,(H,11,12). The van der Waals surface area contributed by atoms with Crippen LogP contribution in [-0.2, 0) is 4.79 Å². The van der Waals surface area contributed by atoms with E-state index in [2.05, 4.69) is 0 Å². The van der Waals surface area contributed by atoms with E-state index in [9.17, 15) is 4.79 Å². The first-order valence-electron chi connectivity index (χ1n) is 3.76. The molecule has 0 fully saturated rings. The molecular formula is C9H9NO3S. The third kappa shape index (κ3) is 3.12. The molecule has 0 saturated carbocycles. The Morgan fingerprint density at radius 3 is 2.57 bits per heavy atom. The summed E-state index contributed by atoms with van der Waals surface area (Å²) in [6.45, 7) is 0. The molecular weight excluding hydrogens is 202 g/mol. The van der Waals surface area contributed by atoms with Gasteiger partial charge in [-0.25, -0.2) is 4.79 Å². The zero-order valence-corrected chi connectivity index (χ0v) is 8.03. The molecule has 1 aromatic carbocycles. The minimum Gasteiger partial charge on any atom is -0.475 e. The van der Waals surface area contributed by atoms with E-state index in [1.807, 2.05) is 6.07 Å². The van der Waals surface area contributed by atoms with Crippen molar-refractivity contribution < 1.29 is 14.6 Å². The van der Waals surface area contributed by atoms with Gasteiger partial charge in [0.05, 0.1) is 0 Å². The van der Waals surface area contributed by atoms with E-state index in [1.165, 1.54) is 5.41 Å². The summed E-state index contributed by atoms with van der Waals surface area (Å²) in [7, 11) is 0. The lowest BCUT2D eigenvalue weighted by atomic mass is 10.3. The Morgan fingerprint density at radius 1 is 1.43 bits per heavy atom. The number of ether oxygens (including phenoxy) is 1. The molecule has 4 nitrogen and oxygen atoms in total. The van der Waals surface area contributed by atoms with Crippen LogP contribution in [0.1, 0.15) is 0 Å². The van der Waals surface area contributed by atoms with E-state index >= 15 is 0 Å². The average molecular weight is 211 g/mol. The number of hydrogen-bond donors (Lipinski definition) is 2. The normalized spacial score (nSPS) is 11.1. The second-order valence-corrected chi connectivity index (χ2v) is 2.85. The van der Waals surface area contributed by atoms with Crippen LogP contribution in [0.2, 0.25) is 0 Å². The maximum absolute atomic E-state index is 10.6. The fraction of sp³-hybridized carbons (Fsp3) is 0. The number of carboxylic acids is 1. The lowest BCUT2D eigenvalue weighted by molar-refractivity contribution is -0.135. The molecule has 0 radical (unpaired) electrons. The Morgan fingerprint density at radius 2 is 2.07 bits per heavy atom. The van der Waals surface area contributed by atoms with Crippen LogP contribution < -0.4 is 9.88 Å². The van der Waals surface area contributed by atoms with Gasteiger partial charge < -0.3 is 9.84 Å². The van der Waals surface area contributed by atoms with Gasteiger partial charge in [-0.1, -0.05) is 30.1 Å². The highest BCUT2D eigenvalue weighted by atomic mass is 32.2. The van der Waals surface area contributed by atoms with Gasteiger partial charge in [-0.3, -0.25) is 5.14 Å². The first-order valence-corrected chi connectivity index (χ1v) is 4.70. The molecule has 0 bridgehead atoms. The number of hydrogen-bond acceptors (Lipinski definition) is 4. The van der Waals surface area contributed by atoms with Gasteiger partial charge in [-0.2, -0.15) is 0 Å². The van der Waals surface area contributed by atoms with Gasteiger partial charge in [-0.15, -0.1) is 0 Å². The molecule has 0 aromatic heterocycles. The largest absolute Gasteiger partial charge is 0.475 e. The van der Waals surface area contributed by atoms with Crippen LogP contribution in [0.15, 0.2) is 41.5 Å². The van der Waals surface area contributed by atoms with Crippen molar-refractivity contribution in [2.24, 2.45) is 5.14 Å². The van der Waals surface area contributed by atoms with Gasteiger partial charge in [-0.05, 0) is 12.1 Å². The molecule has 1 aromatic rings. The average Bonchev–Trinajstić information content (AvgIpc) is 2.18. The van der Waals surface area contributed by atoms with Crippen molar-refractivity contribution in [1.29, 1.82) is 0 Å². The van der Waals surface area contributed by atoms with E-state index in [-0.39, 0.29) is 5.76 Å². The highest BCUT2D eigenvalue weighted by molar-refractivity contribution is 8.00. The summed E-state index contributed by atoms with van der Waals surface area (Å²) in [5, 5.41) is 15.1. The monoisotopic (exact) mass is 211 g/mol. The lowest BCUT2D eigenvalue weighted by Gasteiger charge is -2.04. The molecule has 14 heavy (non-hydrogen) atoms. The number of para-hydroxylation sites is 1. The predicted octanol–water partition coefficient (Wildman–Crippen LogP) is 1.60. The summed E-state index contributed by atoms with van der Waals surface area (Å²) >= 11 is 0.789. The van der Waals surface area contributed by atoms with Gasteiger partial charge in [0.1, 0.15) is 5.75 Å². The van der Waals surface area contributed by atoms with Gasteiger partial charge in [0.2, 0.25) is 5.76 Å².